The number of carbonyl (C=O) groups excluding carboxylic acids is 2. The van der Waals surface area contributed by atoms with Gasteiger partial charge in [0, 0.05) is 0 Å². The van der Waals surface area contributed by atoms with Gasteiger partial charge in [0.15, 0.2) is 0 Å². The maximum atomic E-state index is 13.1. The number of urea groups is 1. The first kappa shape index (κ1) is 11.3. The molecule has 0 fully saturated rings. The summed E-state index contributed by atoms with van der Waals surface area (Å²) < 4.78 is 13.1. The molecule has 1 aromatic rings. The highest BCUT2D eigenvalue weighted by molar-refractivity contribution is 6.33. The zero-order valence-electron chi connectivity index (χ0n) is 7.38. The van der Waals surface area contributed by atoms with Crippen LogP contribution in [0, 0.1) is 5.82 Å². The third-order valence-electron chi connectivity index (χ3n) is 1.49. The van der Waals surface area contributed by atoms with E-state index in [-0.39, 0.29) is 10.6 Å². The monoisotopic (exact) mass is 231 g/mol. The molecular formula is C8H7ClFN3O2. The van der Waals surface area contributed by atoms with E-state index in [1.54, 1.807) is 0 Å². The second-order valence-corrected chi connectivity index (χ2v) is 2.95. The Labute approximate surface area is 89.4 Å². The molecule has 0 aliphatic rings. The van der Waals surface area contributed by atoms with Crippen LogP contribution in [0.2, 0.25) is 5.02 Å². The highest BCUT2D eigenvalue weighted by Gasteiger charge is 2.15. The first-order chi connectivity index (χ1) is 7.02. The summed E-state index contributed by atoms with van der Waals surface area (Å²) in [5, 5.41) is -0.0567. The van der Waals surface area contributed by atoms with Gasteiger partial charge in [-0.15, -0.1) is 0 Å². The van der Waals surface area contributed by atoms with Crippen LogP contribution in [0.25, 0.3) is 0 Å². The van der Waals surface area contributed by atoms with E-state index < -0.39 is 17.8 Å². The van der Waals surface area contributed by atoms with Gasteiger partial charge in [0.2, 0.25) is 0 Å². The predicted molar refractivity (Wildman–Crippen MR) is 51.6 cm³/mol. The number of hydrogen-bond donors (Lipinski definition) is 3. The Balaban J connectivity index is 2.86. The van der Waals surface area contributed by atoms with Crippen LogP contribution in [0.4, 0.5) is 9.18 Å². The average molecular weight is 232 g/mol. The van der Waals surface area contributed by atoms with Crippen LogP contribution >= 0.6 is 11.6 Å². The Hall–Kier alpha value is -1.82. The molecule has 4 N–H and O–H groups in total. The molecule has 1 rings (SSSR count). The molecule has 0 saturated heterocycles. The van der Waals surface area contributed by atoms with Crippen LogP contribution in [-0.2, 0) is 0 Å². The third kappa shape index (κ3) is 2.81. The standard InChI is InChI=1S/C8H7ClFN3O2/c9-4-2-1-3-5(10)6(4)7(14)12-13-8(11)15/h1-3H,(H,12,14)(H3,11,13,15). The number of benzene rings is 1. The lowest BCUT2D eigenvalue weighted by atomic mass is 10.2. The molecule has 0 spiro atoms. The van der Waals surface area contributed by atoms with Crippen molar-refractivity contribution in [3.05, 3.63) is 34.6 Å². The van der Waals surface area contributed by atoms with Crippen LogP contribution in [0.15, 0.2) is 18.2 Å². The molecular weight excluding hydrogens is 225 g/mol. The van der Waals surface area contributed by atoms with Crippen molar-refractivity contribution < 1.29 is 14.0 Å². The van der Waals surface area contributed by atoms with E-state index in [4.69, 9.17) is 17.3 Å². The van der Waals surface area contributed by atoms with E-state index in [1.165, 1.54) is 12.1 Å². The van der Waals surface area contributed by atoms with E-state index in [2.05, 4.69) is 0 Å². The highest BCUT2D eigenvalue weighted by Crippen LogP contribution is 2.18. The number of hydrazine groups is 1. The Morgan fingerprint density at radius 2 is 2.00 bits per heavy atom. The molecule has 0 aliphatic heterocycles. The van der Waals surface area contributed by atoms with E-state index in [0.717, 1.165) is 6.07 Å². The lowest BCUT2D eigenvalue weighted by molar-refractivity contribution is 0.0933. The number of nitrogens with one attached hydrogen (secondary N) is 2. The van der Waals surface area contributed by atoms with E-state index >= 15 is 0 Å². The van der Waals surface area contributed by atoms with Gasteiger partial charge >= 0.3 is 6.03 Å². The minimum atomic E-state index is -0.962. The van der Waals surface area contributed by atoms with Crippen LogP contribution in [0.5, 0.6) is 0 Å². The molecule has 15 heavy (non-hydrogen) atoms. The van der Waals surface area contributed by atoms with Gasteiger partial charge < -0.3 is 5.73 Å². The van der Waals surface area contributed by atoms with Crippen LogP contribution in [0.1, 0.15) is 10.4 Å². The number of amides is 3. The molecule has 0 aliphatic carbocycles. The third-order valence-corrected chi connectivity index (χ3v) is 1.80. The zero-order valence-corrected chi connectivity index (χ0v) is 8.14. The molecule has 1 aromatic carbocycles. The van der Waals surface area contributed by atoms with Crippen LogP contribution in [-0.4, -0.2) is 11.9 Å². The molecule has 0 heterocycles. The van der Waals surface area contributed by atoms with Gasteiger partial charge in [-0.2, -0.15) is 0 Å². The normalized spacial score (nSPS) is 9.47. The fourth-order valence-electron chi connectivity index (χ4n) is 0.896. The lowest BCUT2D eigenvalue weighted by Gasteiger charge is -2.06. The van der Waals surface area contributed by atoms with Gasteiger partial charge in [-0.3, -0.25) is 10.2 Å². The Morgan fingerprint density at radius 1 is 1.33 bits per heavy atom. The van der Waals surface area contributed by atoms with Crippen molar-refractivity contribution in [2.45, 2.75) is 0 Å². The number of carbonyl (C=O) groups is 2. The van der Waals surface area contributed by atoms with Gasteiger partial charge in [0.05, 0.1) is 10.6 Å². The van der Waals surface area contributed by atoms with Crippen molar-refractivity contribution in [3.8, 4) is 0 Å². The van der Waals surface area contributed by atoms with Crippen molar-refractivity contribution in [2.75, 3.05) is 0 Å². The summed E-state index contributed by atoms with van der Waals surface area (Å²) in [5.74, 6) is -1.66. The maximum Gasteiger partial charge on any atom is 0.330 e. The summed E-state index contributed by atoms with van der Waals surface area (Å²) in [6, 6.07) is 2.82. The topological polar surface area (TPSA) is 84.2 Å². The van der Waals surface area contributed by atoms with Crippen LogP contribution < -0.4 is 16.6 Å². The number of primary amides is 1. The maximum absolute atomic E-state index is 13.1. The molecule has 5 nitrogen and oxygen atoms in total. The molecule has 80 valence electrons. The number of hydrogen-bond acceptors (Lipinski definition) is 2. The molecule has 7 heteroatoms. The molecule has 3 amide bonds. The minimum absolute atomic E-state index is 0.0567. The smallest absolute Gasteiger partial charge is 0.330 e. The van der Waals surface area contributed by atoms with E-state index in [1.807, 2.05) is 10.9 Å². The summed E-state index contributed by atoms with van der Waals surface area (Å²) in [4.78, 5) is 21.6. The second kappa shape index (κ2) is 4.61. The predicted octanol–water partition coefficient (Wildman–Crippen LogP) is 0.792. The lowest BCUT2D eigenvalue weighted by Crippen LogP contribution is -2.44. The van der Waals surface area contributed by atoms with Gasteiger partial charge in [-0.05, 0) is 12.1 Å². The fourth-order valence-corrected chi connectivity index (χ4v) is 1.14. The largest absolute Gasteiger partial charge is 0.350 e. The summed E-state index contributed by atoms with van der Waals surface area (Å²) in [6.07, 6.45) is 0. The summed E-state index contributed by atoms with van der Waals surface area (Å²) in [7, 11) is 0. The molecule has 0 aromatic heterocycles. The average Bonchev–Trinajstić information content (AvgIpc) is 2.14. The fraction of sp³-hybridized carbons (Fsp3) is 0. The van der Waals surface area contributed by atoms with Crippen LogP contribution in [0.3, 0.4) is 0 Å². The first-order valence-electron chi connectivity index (χ1n) is 3.82. The first-order valence-corrected chi connectivity index (χ1v) is 4.20. The van der Waals surface area contributed by atoms with Crippen molar-refractivity contribution >= 4 is 23.5 Å². The van der Waals surface area contributed by atoms with E-state index in [0.29, 0.717) is 0 Å². The highest BCUT2D eigenvalue weighted by atomic mass is 35.5. The van der Waals surface area contributed by atoms with Crippen molar-refractivity contribution in [1.82, 2.24) is 10.9 Å². The number of nitrogens with two attached hydrogens (primary N) is 1. The number of halogens is 2. The number of rotatable bonds is 1. The van der Waals surface area contributed by atoms with Crippen molar-refractivity contribution in [1.29, 1.82) is 0 Å². The molecule has 0 unspecified atom stereocenters. The second-order valence-electron chi connectivity index (χ2n) is 2.54. The van der Waals surface area contributed by atoms with E-state index in [9.17, 15) is 14.0 Å². The summed E-state index contributed by atoms with van der Waals surface area (Å²) in [6.45, 7) is 0. The van der Waals surface area contributed by atoms with Gasteiger partial charge in [-0.25, -0.2) is 14.6 Å². The summed E-state index contributed by atoms with van der Waals surface area (Å²) >= 11 is 5.59. The molecule has 0 radical (unpaired) electrons. The zero-order chi connectivity index (χ0) is 11.4. The Morgan fingerprint density at radius 3 is 2.53 bits per heavy atom. The van der Waals surface area contributed by atoms with Crippen molar-refractivity contribution in [3.63, 3.8) is 0 Å². The SMILES string of the molecule is NC(=O)NNC(=O)c1c(F)cccc1Cl. The molecule has 0 bridgehead atoms. The quantitative estimate of drug-likeness (QED) is 0.625. The summed E-state index contributed by atoms with van der Waals surface area (Å²) in [5.41, 5.74) is 8.05. The van der Waals surface area contributed by atoms with Gasteiger partial charge in [0.1, 0.15) is 5.82 Å². The minimum Gasteiger partial charge on any atom is -0.350 e. The Bertz CT molecular complexity index is 391. The molecule has 0 atom stereocenters. The van der Waals surface area contributed by atoms with Gasteiger partial charge in [0.25, 0.3) is 5.91 Å². The molecule has 0 saturated carbocycles. The Kier molecular flexibility index (Phi) is 3.46. The van der Waals surface area contributed by atoms with Crippen molar-refractivity contribution in [2.24, 2.45) is 5.73 Å². The van der Waals surface area contributed by atoms with Gasteiger partial charge in [-0.1, -0.05) is 17.7 Å².